The van der Waals surface area contributed by atoms with E-state index in [-0.39, 0.29) is 10.6 Å². The van der Waals surface area contributed by atoms with Crippen molar-refractivity contribution in [3.63, 3.8) is 0 Å². The Morgan fingerprint density at radius 3 is 2.55 bits per heavy atom. The van der Waals surface area contributed by atoms with Crippen molar-refractivity contribution in [1.82, 2.24) is 0 Å². The zero-order chi connectivity index (χ0) is 8.85. The first-order valence-electron chi connectivity index (χ1n) is 3.62. The molecular formula is C8H13BrO2. The highest BCUT2D eigenvalue weighted by Crippen LogP contribution is 2.14. The minimum atomic E-state index is 0.201. The van der Waals surface area contributed by atoms with Crippen LogP contribution in [0.3, 0.4) is 0 Å². The largest absolute Gasteiger partial charge is 0.512 e. The molecule has 0 bridgehead atoms. The van der Waals surface area contributed by atoms with Gasteiger partial charge in [-0.05, 0) is 6.42 Å². The summed E-state index contributed by atoms with van der Waals surface area (Å²) in [5, 5.41) is 9.30. The molecule has 0 spiro atoms. The Balaban J connectivity index is 4.23. The first kappa shape index (κ1) is 10.7. The van der Waals surface area contributed by atoms with E-state index in [0.29, 0.717) is 24.7 Å². The van der Waals surface area contributed by atoms with Crippen LogP contribution >= 0.6 is 15.9 Å². The van der Waals surface area contributed by atoms with Crippen LogP contribution in [0.15, 0.2) is 11.3 Å². The smallest absolute Gasteiger partial charge is 0.149 e. The van der Waals surface area contributed by atoms with Crippen molar-refractivity contribution in [3.8, 4) is 0 Å². The minimum absolute atomic E-state index is 0.201. The number of aliphatic hydroxyl groups is 1. The molecule has 0 saturated carbocycles. The van der Waals surface area contributed by atoms with Crippen molar-refractivity contribution in [2.75, 3.05) is 0 Å². The second kappa shape index (κ2) is 5.35. The molecule has 0 fully saturated rings. The quantitative estimate of drug-likeness (QED) is 0.343. The number of alkyl halides is 1. The van der Waals surface area contributed by atoms with E-state index in [9.17, 15) is 9.90 Å². The van der Waals surface area contributed by atoms with Gasteiger partial charge in [-0.2, -0.15) is 0 Å². The number of rotatable bonds is 4. The third kappa shape index (κ3) is 4.19. The van der Waals surface area contributed by atoms with E-state index in [4.69, 9.17) is 0 Å². The third-order valence-corrected chi connectivity index (χ3v) is 1.69. The van der Waals surface area contributed by atoms with Crippen molar-refractivity contribution < 1.29 is 9.90 Å². The van der Waals surface area contributed by atoms with E-state index < -0.39 is 0 Å². The number of aldehydes is 1. The van der Waals surface area contributed by atoms with Crippen LogP contribution in [0.5, 0.6) is 0 Å². The lowest BCUT2D eigenvalue weighted by Crippen LogP contribution is -1.98. The summed E-state index contributed by atoms with van der Waals surface area (Å²) in [4.78, 5) is 10.5. The summed E-state index contributed by atoms with van der Waals surface area (Å²) in [7, 11) is 0. The number of hydrogen-bond acceptors (Lipinski definition) is 2. The fourth-order valence-corrected chi connectivity index (χ4v) is 1.06. The highest BCUT2D eigenvalue weighted by molar-refractivity contribution is 9.09. The van der Waals surface area contributed by atoms with Crippen LogP contribution < -0.4 is 0 Å². The Morgan fingerprint density at radius 2 is 2.27 bits per heavy atom. The zero-order valence-corrected chi connectivity index (χ0v) is 8.39. The van der Waals surface area contributed by atoms with Gasteiger partial charge in [0.25, 0.3) is 0 Å². The number of carbonyl (C=O) groups is 1. The summed E-state index contributed by atoms with van der Waals surface area (Å²) in [6, 6.07) is 0. The van der Waals surface area contributed by atoms with Crippen LogP contribution in [0.1, 0.15) is 26.7 Å². The lowest BCUT2D eigenvalue weighted by atomic mass is 10.1. The maximum Gasteiger partial charge on any atom is 0.149 e. The zero-order valence-electron chi connectivity index (χ0n) is 6.80. The van der Waals surface area contributed by atoms with E-state index in [1.54, 1.807) is 0 Å². The van der Waals surface area contributed by atoms with Crippen molar-refractivity contribution in [1.29, 1.82) is 0 Å². The fraction of sp³-hybridized carbons (Fsp3) is 0.625. The fourth-order valence-electron chi connectivity index (χ4n) is 0.753. The molecule has 11 heavy (non-hydrogen) atoms. The van der Waals surface area contributed by atoms with Crippen LogP contribution in [0.25, 0.3) is 0 Å². The summed E-state index contributed by atoms with van der Waals surface area (Å²) in [6.45, 7) is 3.77. The minimum Gasteiger partial charge on any atom is -0.512 e. The van der Waals surface area contributed by atoms with Gasteiger partial charge in [-0.25, -0.2) is 0 Å². The Bertz CT molecular complexity index is 161. The number of carbonyl (C=O) groups excluding carboxylic acids is 1. The average molecular weight is 221 g/mol. The highest BCUT2D eigenvalue weighted by Gasteiger charge is 2.05. The molecular weight excluding hydrogens is 208 g/mol. The normalized spacial score (nSPS) is 15.5. The summed E-state index contributed by atoms with van der Waals surface area (Å²) >= 11 is 3.29. The molecule has 0 aromatic rings. The molecule has 64 valence electrons. The molecule has 0 radical (unpaired) electrons. The maximum atomic E-state index is 10.3. The van der Waals surface area contributed by atoms with Crippen molar-refractivity contribution >= 4 is 22.2 Å². The molecule has 0 aliphatic rings. The molecule has 1 unspecified atom stereocenters. The number of allylic oxidation sites excluding steroid dienone is 2. The summed E-state index contributed by atoms with van der Waals surface area (Å²) < 4.78 is 0. The van der Waals surface area contributed by atoms with E-state index in [1.165, 1.54) is 0 Å². The standard InChI is InChI=1S/C8H13BrO2/c1-3-7(5-10)8(11)4-6(2)9/h5-6,11H,3-4H2,1-2H3/b8-7-. The lowest BCUT2D eigenvalue weighted by molar-refractivity contribution is -0.105. The Labute approximate surface area is 75.4 Å². The predicted octanol–water partition coefficient (Wildman–Crippen LogP) is 2.58. The molecule has 0 rings (SSSR count). The second-order valence-corrected chi connectivity index (χ2v) is 3.99. The van der Waals surface area contributed by atoms with Crippen molar-refractivity contribution in [2.24, 2.45) is 0 Å². The molecule has 0 amide bonds. The molecule has 0 aliphatic heterocycles. The maximum absolute atomic E-state index is 10.3. The molecule has 2 nitrogen and oxygen atoms in total. The number of aliphatic hydroxyl groups excluding tert-OH is 1. The summed E-state index contributed by atoms with van der Waals surface area (Å²) in [5.41, 5.74) is 0.497. The van der Waals surface area contributed by atoms with Crippen LogP contribution in [0.2, 0.25) is 0 Å². The van der Waals surface area contributed by atoms with Crippen LogP contribution in [-0.4, -0.2) is 16.2 Å². The van der Waals surface area contributed by atoms with Gasteiger partial charge in [0.05, 0.1) is 5.76 Å². The monoisotopic (exact) mass is 220 g/mol. The Hall–Kier alpha value is -0.310. The van der Waals surface area contributed by atoms with E-state index in [0.717, 1.165) is 0 Å². The third-order valence-electron chi connectivity index (χ3n) is 1.37. The molecule has 0 saturated heterocycles. The first-order valence-corrected chi connectivity index (χ1v) is 4.53. The van der Waals surface area contributed by atoms with Gasteiger partial charge in [0, 0.05) is 16.8 Å². The van der Waals surface area contributed by atoms with Gasteiger partial charge in [-0.3, -0.25) is 4.79 Å². The molecule has 0 aromatic heterocycles. The summed E-state index contributed by atoms with van der Waals surface area (Å²) in [5.74, 6) is 0.201. The van der Waals surface area contributed by atoms with Gasteiger partial charge in [-0.1, -0.05) is 29.8 Å². The Kier molecular flexibility index (Phi) is 5.20. The molecule has 1 N–H and O–H groups in total. The molecule has 1 atom stereocenters. The van der Waals surface area contributed by atoms with Gasteiger partial charge < -0.3 is 5.11 Å². The van der Waals surface area contributed by atoms with E-state index in [2.05, 4.69) is 15.9 Å². The van der Waals surface area contributed by atoms with Gasteiger partial charge in [0.2, 0.25) is 0 Å². The van der Waals surface area contributed by atoms with Crippen LogP contribution in [0.4, 0.5) is 0 Å². The number of hydrogen-bond donors (Lipinski definition) is 1. The van der Waals surface area contributed by atoms with Gasteiger partial charge >= 0.3 is 0 Å². The molecule has 3 heteroatoms. The Morgan fingerprint density at radius 1 is 1.73 bits per heavy atom. The average Bonchev–Trinajstić information content (AvgIpc) is 1.88. The van der Waals surface area contributed by atoms with Gasteiger partial charge in [0.1, 0.15) is 6.29 Å². The lowest BCUT2D eigenvalue weighted by Gasteiger charge is -2.04. The summed E-state index contributed by atoms with van der Waals surface area (Å²) in [6.07, 6.45) is 1.82. The molecule has 0 aliphatic carbocycles. The van der Waals surface area contributed by atoms with Crippen molar-refractivity contribution in [2.45, 2.75) is 31.5 Å². The molecule has 0 heterocycles. The topological polar surface area (TPSA) is 37.3 Å². The van der Waals surface area contributed by atoms with Crippen LogP contribution in [0, 0.1) is 0 Å². The van der Waals surface area contributed by atoms with Gasteiger partial charge in [-0.15, -0.1) is 0 Å². The van der Waals surface area contributed by atoms with E-state index >= 15 is 0 Å². The SMILES string of the molecule is CC/C(C=O)=C(/O)CC(C)Br. The molecule has 0 aromatic carbocycles. The first-order chi connectivity index (χ1) is 5.11. The second-order valence-electron chi connectivity index (χ2n) is 2.43. The van der Waals surface area contributed by atoms with Crippen LogP contribution in [-0.2, 0) is 4.79 Å². The van der Waals surface area contributed by atoms with Gasteiger partial charge in [0.15, 0.2) is 0 Å². The van der Waals surface area contributed by atoms with E-state index in [1.807, 2.05) is 13.8 Å². The predicted molar refractivity (Wildman–Crippen MR) is 49.0 cm³/mol. The van der Waals surface area contributed by atoms with Crippen molar-refractivity contribution in [3.05, 3.63) is 11.3 Å². The highest BCUT2D eigenvalue weighted by atomic mass is 79.9. The number of halogens is 1.